The molecule has 0 aromatic heterocycles. The van der Waals surface area contributed by atoms with Crippen molar-refractivity contribution in [2.24, 2.45) is 0 Å². The standard InChI is InChI=1S/C23H23FN2O5S/c1-30-19-9-3-16(4-10-19)5-14-23(27)25-18-8-13-22(31-2)21(15-18)26-32(28,29)20-11-6-17(24)7-12-20/h3-4,6-13,15,26H,5,14H2,1-2H3,(H,25,27). The van der Waals surface area contributed by atoms with Crippen molar-refractivity contribution in [3.05, 3.63) is 78.1 Å². The topological polar surface area (TPSA) is 93.7 Å². The molecule has 0 fully saturated rings. The maximum Gasteiger partial charge on any atom is 0.262 e. The number of carbonyl (C=O) groups excluding carboxylic acids is 1. The largest absolute Gasteiger partial charge is 0.497 e. The Hall–Kier alpha value is -3.59. The van der Waals surface area contributed by atoms with Gasteiger partial charge in [0.25, 0.3) is 10.0 Å². The molecule has 9 heteroatoms. The van der Waals surface area contributed by atoms with E-state index in [2.05, 4.69) is 10.0 Å². The minimum absolute atomic E-state index is 0.102. The van der Waals surface area contributed by atoms with Crippen molar-refractivity contribution in [3.63, 3.8) is 0 Å². The number of anilines is 2. The summed E-state index contributed by atoms with van der Waals surface area (Å²) >= 11 is 0. The van der Waals surface area contributed by atoms with Crippen molar-refractivity contribution in [3.8, 4) is 11.5 Å². The molecule has 0 heterocycles. The van der Waals surface area contributed by atoms with Gasteiger partial charge >= 0.3 is 0 Å². The molecule has 0 atom stereocenters. The normalized spacial score (nSPS) is 11.0. The number of ether oxygens (including phenoxy) is 2. The Bertz CT molecular complexity index is 1180. The van der Waals surface area contributed by atoms with E-state index in [9.17, 15) is 17.6 Å². The average molecular weight is 459 g/mol. The van der Waals surface area contributed by atoms with Gasteiger partial charge in [0, 0.05) is 12.1 Å². The lowest BCUT2D eigenvalue weighted by atomic mass is 10.1. The first-order valence-corrected chi connectivity index (χ1v) is 11.2. The maximum atomic E-state index is 13.1. The minimum atomic E-state index is -3.98. The summed E-state index contributed by atoms with van der Waals surface area (Å²) in [5.41, 5.74) is 1.54. The van der Waals surface area contributed by atoms with Crippen molar-refractivity contribution in [1.29, 1.82) is 0 Å². The van der Waals surface area contributed by atoms with Crippen molar-refractivity contribution >= 4 is 27.3 Å². The van der Waals surface area contributed by atoms with Gasteiger partial charge in [-0.15, -0.1) is 0 Å². The van der Waals surface area contributed by atoms with Gasteiger partial charge in [0.2, 0.25) is 5.91 Å². The molecule has 0 bridgehead atoms. The van der Waals surface area contributed by atoms with E-state index in [0.717, 1.165) is 35.6 Å². The summed E-state index contributed by atoms with van der Waals surface area (Å²) < 4.78 is 51.1. The Morgan fingerprint density at radius 3 is 2.25 bits per heavy atom. The summed E-state index contributed by atoms with van der Waals surface area (Å²) in [5, 5.41) is 2.76. The van der Waals surface area contributed by atoms with Crippen LogP contribution in [0.2, 0.25) is 0 Å². The van der Waals surface area contributed by atoms with Crippen LogP contribution in [-0.2, 0) is 21.2 Å². The zero-order valence-electron chi connectivity index (χ0n) is 17.6. The number of nitrogens with one attached hydrogen (secondary N) is 2. The van der Waals surface area contributed by atoms with E-state index in [1.807, 2.05) is 24.3 Å². The number of halogens is 1. The Morgan fingerprint density at radius 1 is 0.938 bits per heavy atom. The molecule has 3 aromatic rings. The second-order valence-corrected chi connectivity index (χ2v) is 8.55. The molecular weight excluding hydrogens is 435 g/mol. The highest BCUT2D eigenvalue weighted by atomic mass is 32.2. The number of methoxy groups -OCH3 is 2. The molecule has 0 spiro atoms. The molecule has 1 amide bonds. The molecule has 3 aromatic carbocycles. The molecule has 0 aliphatic carbocycles. The van der Waals surface area contributed by atoms with Gasteiger partial charge in [-0.1, -0.05) is 12.1 Å². The molecule has 32 heavy (non-hydrogen) atoms. The Kier molecular flexibility index (Phi) is 7.32. The summed E-state index contributed by atoms with van der Waals surface area (Å²) in [7, 11) is -0.990. The Labute approximate surface area is 186 Å². The maximum absolute atomic E-state index is 13.1. The van der Waals surface area contributed by atoms with Gasteiger partial charge in [-0.2, -0.15) is 0 Å². The summed E-state index contributed by atoms with van der Waals surface area (Å²) in [5.74, 6) is 0.248. The quantitative estimate of drug-likeness (QED) is 0.501. The summed E-state index contributed by atoms with van der Waals surface area (Å²) in [6, 6.07) is 16.5. The van der Waals surface area contributed by atoms with E-state index >= 15 is 0 Å². The number of sulfonamides is 1. The smallest absolute Gasteiger partial charge is 0.262 e. The molecule has 3 rings (SSSR count). The number of carbonyl (C=O) groups is 1. The van der Waals surface area contributed by atoms with Crippen LogP contribution in [0, 0.1) is 5.82 Å². The van der Waals surface area contributed by atoms with E-state index in [0.29, 0.717) is 12.1 Å². The number of aryl methyl sites for hydroxylation is 1. The molecule has 7 nitrogen and oxygen atoms in total. The lowest BCUT2D eigenvalue weighted by Crippen LogP contribution is -2.15. The van der Waals surface area contributed by atoms with Crippen LogP contribution in [0.5, 0.6) is 11.5 Å². The van der Waals surface area contributed by atoms with Crippen molar-refractivity contribution in [2.75, 3.05) is 24.3 Å². The summed E-state index contributed by atoms with van der Waals surface area (Å²) in [4.78, 5) is 12.3. The molecule has 0 radical (unpaired) electrons. The number of amides is 1. The predicted octanol–water partition coefficient (Wildman–Crippen LogP) is 4.22. The SMILES string of the molecule is COc1ccc(CCC(=O)Nc2ccc(OC)c(NS(=O)(=O)c3ccc(F)cc3)c2)cc1. The molecule has 2 N–H and O–H groups in total. The van der Waals surface area contributed by atoms with Gasteiger partial charge in [-0.3, -0.25) is 9.52 Å². The third-order valence-corrected chi connectivity index (χ3v) is 6.03. The highest BCUT2D eigenvalue weighted by Crippen LogP contribution is 2.30. The Balaban J connectivity index is 1.69. The van der Waals surface area contributed by atoms with Gasteiger partial charge in [0.15, 0.2) is 0 Å². The highest BCUT2D eigenvalue weighted by molar-refractivity contribution is 7.92. The van der Waals surface area contributed by atoms with Crippen LogP contribution in [0.1, 0.15) is 12.0 Å². The lowest BCUT2D eigenvalue weighted by Gasteiger charge is -2.14. The molecular formula is C23H23FN2O5S. The van der Waals surface area contributed by atoms with Crippen LogP contribution in [-0.4, -0.2) is 28.5 Å². The van der Waals surface area contributed by atoms with Crippen LogP contribution >= 0.6 is 0 Å². The van der Waals surface area contributed by atoms with Crippen LogP contribution in [0.4, 0.5) is 15.8 Å². The van der Waals surface area contributed by atoms with Gasteiger partial charge in [-0.05, 0) is 66.6 Å². The Morgan fingerprint density at radius 2 is 1.62 bits per heavy atom. The number of hydrogen-bond acceptors (Lipinski definition) is 5. The highest BCUT2D eigenvalue weighted by Gasteiger charge is 2.17. The first-order chi connectivity index (χ1) is 15.3. The molecule has 168 valence electrons. The first kappa shape index (κ1) is 23.1. The van der Waals surface area contributed by atoms with Crippen LogP contribution in [0.3, 0.4) is 0 Å². The third-order valence-electron chi connectivity index (χ3n) is 4.65. The monoisotopic (exact) mass is 458 g/mol. The lowest BCUT2D eigenvalue weighted by molar-refractivity contribution is -0.116. The number of benzene rings is 3. The predicted molar refractivity (Wildman–Crippen MR) is 120 cm³/mol. The fraction of sp³-hybridized carbons (Fsp3) is 0.174. The van der Waals surface area contributed by atoms with Crippen molar-refractivity contribution in [2.45, 2.75) is 17.7 Å². The first-order valence-electron chi connectivity index (χ1n) is 9.70. The van der Waals surface area contributed by atoms with Crippen LogP contribution in [0.15, 0.2) is 71.6 Å². The van der Waals surface area contributed by atoms with E-state index in [1.54, 1.807) is 19.2 Å². The van der Waals surface area contributed by atoms with E-state index in [4.69, 9.17) is 9.47 Å². The van der Waals surface area contributed by atoms with Gasteiger partial charge in [0.1, 0.15) is 17.3 Å². The van der Waals surface area contributed by atoms with Gasteiger partial charge in [-0.25, -0.2) is 12.8 Å². The van der Waals surface area contributed by atoms with E-state index < -0.39 is 15.8 Å². The second-order valence-electron chi connectivity index (χ2n) is 6.87. The van der Waals surface area contributed by atoms with Crippen molar-refractivity contribution < 1.29 is 27.1 Å². The average Bonchev–Trinajstić information content (AvgIpc) is 2.78. The number of rotatable bonds is 9. The minimum Gasteiger partial charge on any atom is -0.497 e. The second kappa shape index (κ2) is 10.1. The molecule has 0 aliphatic heterocycles. The summed E-state index contributed by atoms with van der Waals surface area (Å²) in [6.45, 7) is 0. The number of hydrogen-bond donors (Lipinski definition) is 2. The zero-order chi connectivity index (χ0) is 23.1. The summed E-state index contributed by atoms with van der Waals surface area (Å²) in [6.07, 6.45) is 0.783. The molecule has 0 saturated carbocycles. The van der Waals surface area contributed by atoms with Crippen LogP contribution < -0.4 is 19.5 Å². The van der Waals surface area contributed by atoms with Crippen molar-refractivity contribution in [1.82, 2.24) is 0 Å². The zero-order valence-corrected chi connectivity index (χ0v) is 18.4. The fourth-order valence-electron chi connectivity index (χ4n) is 2.96. The molecule has 0 saturated heterocycles. The van der Waals surface area contributed by atoms with Gasteiger partial charge in [0.05, 0.1) is 24.8 Å². The van der Waals surface area contributed by atoms with E-state index in [1.165, 1.54) is 13.2 Å². The molecule has 0 aliphatic rings. The van der Waals surface area contributed by atoms with Crippen LogP contribution in [0.25, 0.3) is 0 Å². The van der Waals surface area contributed by atoms with Gasteiger partial charge < -0.3 is 14.8 Å². The third kappa shape index (κ3) is 5.98. The molecule has 0 unspecified atom stereocenters. The van der Waals surface area contributed by atoms with E-state index in [-0.39, 0.29) is 28.7 Å². The fourth-order valence-corrected chi connectivity index (χ4v) is 4.02.